The Morgan fingerprint density at radius 2 is 1.81 bits per heavy atom. The molecular formula is C19H27N3O4. The van der Waals surface area contributed by atoms with Crippen molar-refractivity contribution < 1.29 is 19.4 Å². The highest BCUT2D eigenvalue weighted by molar-refractivity contribution is 5.77. The van der Waals surface area contributed by atoms with Crippen LogP contribution in [0.5, 0.6) is 0 Å². The molecule has 0 aromatic heterocycles. The number of piperidine rings is 2. The van der Waals surface area contributed by atoms with Crippen molar-refractivity contribution in [2.45, 2.75) is 44.6 Å². The third-order valence-corrected chi connectivity index (χ3v) is 5.34. The van der Waals surface area contributed by atoms with Crippen molar-refractivity contribution in [2.75, 3.05) is 19.6 Å². The smallest absolute Gasteiger partial charge is 0.411 e. The molecular weight excluding hydrogens is 334 g/mol. The van der Waals surface area contributed by atoms with E-state index in [2.05, 4.69) is 4.90 Å². The number of carbonyl (C=O) groups is 2. The van der Waals surface area contributed by atoms with Gasteiger partial charge in [-0.05, 0) is 31.2 Å². The average Bonchev–Trinajstić information content (AvgIpc) is 2.67. The number of primary amides is 1. The van der Waals surface area contributed by atoms with Gasteiger partial charge < -0.3 is 15.6 Å². The fourth-order valence-corrected chi connectivity index (χ4v) is 3.75. The van der Waals surface area contributed by atoms with Crippen LogP contribution in [-0.2, 0) is 16.1 Å². The lowest BCUT2D eigenvalue weighted by Gasteiger charge is -2.45. The minimum Gasteiger partial charge on any atom is -0.445 e. The van der Waals surface area contributed by atoms with Gasteiger partial charge in [-0.1, -0.05) is 30.3 Å². The lowest BCUT2D eigenvalue weighted by atomic mass is 9.92. The lowest BCUT2D eigenvalue weighted by Crippen LogP contribution is -2.58. The minimum atomic E-state index is -0.368. The number of ether oxygens (including phenoxy) is 1. The molecule has 142 valence electrons. The van der Waals surface area contributed by atoms with Gasteiger partial charge in [-0.2, -0.15) is 0 Å². The van der Waals surface area contributed by atoms with Gasteiger partial charge in [0.1, 0.15) is 6.61 Å². The fourth-order valence-electron chi connectivity index (χ4n) is 3.75. The highest BCUT2D eigenvalue weighted by Gasteiger charge is 2.39. The molecule has 7 nitrogen and oxygen atoms in total. The Kier molecular flexibility index (Phi) is 6.11. The summed E-state index contributed by atoms with van der Waals surface area (Å²) in [5.41, 5.74) is 6.44. The maximum absolute atomic E-state index is 12.7. The van der Waals surface area contributed by atoms with Gasteiger partial charge in [0.05, 0.1) is 12.3 Å². The van der Waals surface area contributed by atoms with E-state index in [4.69, 9.17) is 10.5 Å². The largest absolute Gasteiger partial charge is 0.445 e. The van der Waals surface area contributed by atoms with Crippen molar-refractivity contribution in [3.63, 3.8) is 0 Å². The molecule has 2 atom stereocenters. The quantitative estimate of drug-likeness (QED) is 0.843. The highest BCUT2D eigenvalue weighted by atomic mass is 16.6. The minimum absolute atomic E-state index is 0.211. The first-order valence-corrected chi connectivity index (χ1v) is 9.23. The molecule has 2 aliphatic heterocycles. The van der Waals surface area contributed by atoms with Crippen LogP contribution < -0.4 is 5.73 Å². The molecule has 2 aliphatic rings. The van der Waals surface area contributed by atoms with E-state index in [1.54, 1.807) is 4.90 Å². The Labute approximate surface area is 153 Å². The topological polar surface area (TPSA) is 96.1 Å². The maximum Gasteiger partial charge on any atom is 0.411 e. The van der Waals surface area contributed by atoms with E-state index in [9.17, 15) is 14.7 Å². The van der Waals surface area contributed by atoms with Gasteiger partial charge in [-0.3, -0.25) is 14.6 Å². The van der Waals surface area contributed by atoms with Gasteiger partial charge in [0.15, 0.2) is 0 Å². The first-order valence-electron chi connectivity index (χ1n) is 9.23. The Morgan fingerprint density at radius 1 is 1.12 bits per heavy atom. The van der Waals surface area contributed by atoms with E-state index in [1.807, 2.05) is 30.3 Å². The van der Waals surface area contributed by atoms with Crippen LogP contribution in [0.3, 0.4) is 0 Å². The molecule has 2 heterocycles. The molecule has 0 radical (unpaired) electrons. The summed E-state index contributed by atoms with van der Waals surface area (Å²) >= 11 is 0. The van der Waals surface area contributed by atoms with Crippen LogP contribution in [0.1, 0.15) is 31.2 Å². The number of hydrogen-bond acceptors (Lipinski definition) is 5. The standard InChI is InChI=1S/C19H27N3O4/c20-18(24)15-6-11-22(17(12-15)21-9-7-16(23)8-10-21)19(25)26-13-14-4-2-1-3-5-14/h1-5,15-17,23H,6-13H2,(H2,20,24). The van der Waals surface area contributed by atoms with Gasteiger partial charge in [0.25, 0.3) is 0 Å². The van der Waals surface area contributed by atoms with Gasteiger partial charge in [0.2, 0.25) is 5.91 Å². The summed E-state index contributed by atoms with van der Waals surface area (Å²) < 4.78 is 5.50. The fraction of sp³-hybridized carbons (Fsp3) is 0.579. The molecule has 7 heteroatoms. The van der Waals surface area contributed by atoms with E-state index >= 15 is 0 Å². The Morgan fingerprint density at radius 3 is 2.46 bits per heavy atom. The van der Waals surface area contributed by atoms with Crippen LogP contribution in [0.4, 0.5) is 4.79 Å². The van der Waals surface area contributed by atoms with E-state index < -0.39 is 0 Å². The van der Waals surface area contributed by atoms with Gasteiger partial charge in [0, 0.05) is 25.6 Å². The zero-order valence-electron chi connectivity index (χ0n) is 14.9. The average molecular weight is 361 g/mol. The van der Waals surface area contributed by atoms with Crippen LogP contribution in [0.2, 0.25) is 0 Å². The zero-order valence-corrected chi connectivity index (χ0v) is 14.9. The van der Waals surface area contributed by atoms with Crippen molar-refractivity contribution in [1.29, 1.82) is 0 Å². The molecule has 1 aromatic rings. The first-order chi connectivity index (χ1) is 12.5. The molecule has 26 heavy (non-hydrogen) atoms. The molecule has 3 rings (SSSR count). The molecule has 0 saturated carbocycles. The van der Waals surface area contributed by atoms with Crippen LogP contribution in [0, 0.1) is 5.92 Å². The van der Waals surface area contributed by atoms with Crippen LogP contribution in [-0.4, -0.2) is 58.8 Å². The number of benzene rings is 1. The zero-order chi connectivity index (χ0) is 18.5. The lowest BCUT2D eigenvalue weighted by molar-refractivity contribution is -0.125. The Hall–Kier alpha value is -2.12. The summed E-state index contributed by atoms with van der Waals surface area (Å²) in [5, 5.41) is 9.74. The van der Waals surface area contributed by atoms with Crippen molar-refractivity contribution in [3.05, 3.63) is 35.9 Å². The monoisotopic (exact) mass is 361 g/mol. The molecule has 3 N–H and O–H groups in total. The summed E-state index contributed by atoms with van der Waals surface area (Å²) in [6.45, 7) is 2.06. The van der Waals surface area contributed by atoms with Crippen LogP contribution in [0.15, 0.2) is 30.3 Å². The maximum atomic E-state index is 12.7. The number of aliphatic hydroxyl groups is 1. The molecule has 0 bridgehead atoms. The van der Waals surface area contributed by atoms with Crippen molar-refractivity contribution in [3.8, 4) is 0 Å². The van der Waals surface area contributed by atoms with E-state index in [0.29, 0.717) is 45.3 Å². The predicted molar refractivity (Wildman–Crippen MR) is 95.9 cm³/mol. The number of aliphatic hydroxyl groups excluding tert-OH is 1. The molecule has 1 aromatic carbocycles. The van der Waals surface area contributed by atoms with Gasteiger partial charge in [-0.15, -0.1) is 0 Å². The number of hydrogen-bond donors (Lipinski definition) is 2. The molecule has 2 saturated heterocycles. The van der Waals surface area contributed by atoms with Gasteiger partial charge in [-0.25, -0.2) is 4.79 Å². The van der Waals surface area contributed by atoms with Gasteiger partial charge >= 0.3 is 6.09 Å². The number of rotatable bonds is 4. The number of likely N-dealkylation sites (tertiary alicyclic amines) is 2. The van der Waals surface area contributed by atoms with Crippen molar-refractivity contribution in [1.82, 2.24) is 9.80 Å². The first kappa shape index (κ1) is 18.7. The third kappa shape index (κ3) is 4.53. The summed E-state index contributed by atoms with van der Waals surface area (Å²) in [5.74, 6) is -0.547. The summed E-state index contributed by atoms with van der Waals surface area (Å²) in [4.78, 5) is 28.2. The Balaban J connectivity index is 1.66. The van der Waals surface area contributed by atoms with Crippen molar-refractivity contribution >= 4 is 12.0 Å². The van der Waals surface area contributed by atoms with E-state index in [0.717, 1.165) is 5.56 Å². The third-order valence-electron chi connectivity index (χ3n) is 5.34. The highest BCUT2D eigenvalue weighted by Crippen LogP contribution is 2.28. The molecule has 0 spiro atoms. The van der Waals surface area contributed by atoms with E-state index in [-0.39, 0.29) is 36.8 Å². The Bertz CT molecular complexity index is 616. The second kappa shape index (κ2) is 8.51. The summed E-state index contributed by atoms with van der Waals surface area (Å²) in [6, 6.07) is 9.56. The number of nitrogens with zero attached hydrogens (tertiary/aromatic N) is 2. The predicted octanol–water partition coefficient (Wildman–Crippen LogP) is 1.30. The number of amides is 2. The number of carbonyl (C=O) groups excluding carboxylic acids is 2. The van der Waals surface area contributed by atoms with Crippen molar-refractivity contribution in [2.24, 2.45) is 11.7 Å². The van der Waals surface area contributed by atoms with E-state index in [1.165, 1.54) is 0 Å². The molecule has 2 amide bonds. The summed E-state index contributed by atoms with van der Waals surface area (Å²) in [7, 11) is 0. The number of nitrogens with two attached hydrogens (primary N) is 1. The second-order valence-corrected chi connectivity index (χ2v) is 7.11. The normalized spacial score (nSPS) is 25.0. The second-order valence-electron chi connectivity index (χ2n) is 7.11. The molecule has 2 unspecified atom stereocenters. The SMILES string of the molecule is NC(=O)C1CCN(C(=O)OCc2ccccc2)C(N2CCC(O)CC2)C1. The molecule has 0 aliphatic carbocycles. The van der Waals surface area contributed by atoms with Crippen LogP contribution >= 0.6 is 0 Å². The van der Waals surface area contributed by atoms with Crippen LogP contribution in [0.25, 0.3) is 0 Å². The summed E-state index contributed by atoms with van der Waals surface area (Å²) in [6.07, 6.45) is 1.55. The molecule has 2 fully saturated rings.